The molecular formula is C13H12ClNS. The molecule has 0 heterocycles. The van der Waals surface area contributed by atoms with Gasteiger partial charge in [-0.2, -0.15) is 5.26 Å². The summed E-state index contributed by atoms with van der Waals surface area (Å²) in [6.07, 6.45) is 4.78. The highest BCUT2D eigenvalue weighted by Gasteiger charge is 2.61. The van der Waals surface area contributed by atoms with Gasteiger partial charge in [-0.05, 0) is 49.3 Å². The molecule has 0 aromatic heterocycles. The van der Waals surface area contributed by atoms with Crippen LogP contribution in [0.2, 0.25) is 5.02 Å². The van der Waals surface area contributed by atoms with Crippen molar-refractivity contribution in [3.05, 3.63) is 29.3 Å². The highest BCUT2D eigenvalue weighted by Crippen LogP contribution is 2.69. The third-order valence-corrected chi connectivity index (χ3v) is 5.09. The number of nitriles is 1. The van der Waals surface area contributed by atoms with Crippen LogP contribution in [-0.4, -0.2) is 4.75 Å². The molecule has 0 unspecified atom stereocenters. The molecule has 0 bridgehead atoms. The fraction of sp³-hybridized carbons (Fsp3) is 0.462. The van der Waals surface area contributed by atoms with Crippen LogP contribution >= 0.6 is 23.4 Å². The number of hydrogen-bond acceptors (Lipinski definition) is 2. The minimum Gasteiger partial charge on any atom is -0.197 e. The fourth-order valence-electron chi connectivity index (χ4n) is 2.62. The van der Waals surface area contributed by atoms with Crippen molar-refractivity contribution in [1.82, 2.24) is 0 Å². The van der Waals surface area contributed by atoms with E-state index >= 15 is 0 Å². The smallest absolute Gasteiger partial charge is 0.108 e. The molecule has 0 amide bonds. The number of halogens is 1. The third kappa shape index (κ3) is 1.73. The van der Waals surface area contributed by atoms with Crippen molar-refractivity contribution in [3.8, 4) is 6.07 Å². The molecule has 3 rings (SSSR count). The van der Waals surface area contributed by atoms with E-state index in [0.717, 1.165) is 22.8 Å². The topological polar surface area (TPSA) is 23.8 Å². The van der Waals surface area contributed by atoms with E-state index in [1.807, 2.05) is 24.3 Å². The zero-order chi connectivity index (χ0) is 11.2. The zero-order valence-electron chi connectivity index (χ0n) is 8.87. The van der Waals surface area contributed by atoms with Crippen LogP contribution < -0.4 is 0 Å². The van der Waals surface area contributed by atoms with Crippen LogP contribution in [0.25, 0.3) is 0 Å². The summed E-state index contributed by atoms with van der Waals surface area (Å²) < 4.78 is -0.179. The fourth-order valence-corrected chi connectivity index (χ4v) is 4.46. The summed E-state index contributed by atoms with van der Waals surface area (Å²) in [4.78, 5) is 1.12. The Morgan fingerprint density at radius 2 is 2.06 bits per heavy atom. The second kappa shape index (κ2) is 3.42. The van der Waals surface area contributed by atoms with Crippen LogP contribution in [0.3, 0.4) is 0 Å². The Morgan fingerprint density at radius 3 is 2.62 bits per heavy atom. The average molecular weight is 250 g/mol. The molecule has 0 radical (unpaired) electrons. The lowest BCUT2D eigenvalue weighted by Gasteiger charge is -2.42. The third-order valence-electron chi connectivity index (χ3n) is 3.59. The predicted octanol–water partition coefficient (Wildman–Crippen LogP) is 4.27. The second-order valence-electron chi connectivity index (χ2n) is 5.02. The Labute approximate surface area is 105 Å². The summed E-state index contributed by atoms with van der Waals surface area (Å²) in [5, 5.41) is 10.1. The van der Waals surface area contributed by atoms with Gasteiger partial charge in [-0.25, -0.2) is 0 Å². The van der Waals surface area contributed by atoms with E-state index in [2.05, 4.69) is 6.07 Å². The van der Waals surface area contributed by atoms with Gasteiger partial charge in [0.15, 0.2) is 0 Å². The standard InChI is InChI=1S/C13H12ClNS/c14-10-2-1-3-11(6-10)16-13(9-15)7-12(8-13)4-5-12/h1-3,6H,4-5,7-8H2. The Morgan fingerprint density at radius 1 is 1.31 bits per heavy atom. The van der Waals surface area contributed by atoms with Gasteiger partial charge in [-0.15, -0.1) is 11.8 Å². The first-order valence-corrected chi connectivity index (χ1v) is 6.71. The van der Waals surface area contributed by atoms with E-state index < -0.39 is 0 Å². The van der Waals surface area contributed by atoms with E-state index in [-0.39, 0.29) is 4.75 Å². The highest BCUT2D eigenvalue weighted by atomic mass is 35.5. The number of thioether (sulfide) groups is 1. The largest absolute Gasteiger partial charge is 0.197 e. The monoisotopic (exact) mass is 249 g/mol. The maximum atomic E-state index is 9.32. The van der Waals surface area contributed by atoms with Gasteiger partial charge in [0.25, 0.3) is 0 Å². The van der Waals surface area contributed by atoms with Crippen LogP contribution in [0, 0.1) is 16.7 Å². The van der Waals surface area contributed by atoms with Crippen LogP contribution in [0.5, 0.6) is 0 Å². The van der Waals surface area contributed by atoms with Gasteiger partial charge < -0.3 is 0 Å². The van der Waals surface area contributed by atoms with Crippen LogP contribution in [0.15, 0.2) is 29.2 Å². The van der Waals surface area contributed by atoms with E-state index in [9.17, 15) is 5.26 Å². The van der Waals surface area contributed by atoms with Crippen molar-refractivity contribution in [3.63, 3.8) is 0 Å². The molecule has 82 valence electrons. The molecule has 0 saturated heterocycles. The molecule has 2 saturated carbocycles. The zero-order valence-corrected chi connectivity index (χ0v) is 10.4. The molecule has 1 aromatic rings. The van der Waals surface area contributed by atoms with Crippen molar-refractivity contribution in [2.45, 2.75) is 35.3 Å². The first-order valence-electron chi connectivity index (χ1n) is 5.51. The summed E-state index contributed by atoms with van der Waals surface area (Å²) in [6, 6.07) is 10.3. The Hall–Kier alpha value is -0.650. The summed E-state index contributed by atoms with van der Waals surface area (Å²) in [6.45, 7) is 0. The van der Waals surface area contributed by atoms with E-state index in [1.165, 1.54) is 12.8 Å². The van der Waals surface area contributed by atoms with Crippen molar-refractivity contribution in [1.29, 1.82) is 5.26 Å². The van der Waals surface area contributed by atoms with Gasteiger partial charge in [-0.3, -0.25) is 0 Å². The normalized spacial score (nSPS) is 23.5. The van der Waals surface area contributed by atoms with Crippen molar-refractivity contribution in [2.24, 2.45) is 5.41 Å². The summed E-state index contributed by atoms with van der Waals surface area (Å²) in [5.41, 5.74) is 0.557. The number of nitrogens with zero attached hydrogens (tertiary/aromatic N) is 1. The molecule has 0 aliphatic heterocycles. The minimum atomic E-state index is -0.179. The molecule has 2 aliphatic rings. The lowest BCUT2D eigenvalue weighted by molar-refractivity contribution is 0.251. The SMILES string of the molecule is N#CC1(Sc2cccc(Cl)c2)CC2(CC2)C1. The molecular weight excluding hydrogens is 238 g/mol. The lowest BCUT2D eigenvalue weighted by atomic mass is 9.72. The average Bonchev–Trinajstić information content (AvgIpc) is 2.97. The molecule has 0 N–H and O–H groups in total. The Kier molecular flexibility index (Phi) is 2.24. The van der Waals surface area contributed by atoms with Gasteiger partial charge in [-0.1, -0.05) is 17.7 Å². The number of rotatable bonds is 2. The van der Waals surface area contributed by atoms with Gasteiger partial charge in [0.05, 0.1) is 6.07 Å². The Balaban J connectivity index is 1.76. The van der Waals surface area contributed by atoms with Crippen molar-refractivity contribution < 1.29 is 0 Å². The summed E-state index contributed by atoms with van der Waals surface area (Å²) in [7, 11) is 0. The molecule has 2 aliphatic carbocycles. The molecule has 16 heavy (non-hydrogen) atoms. The maximum absolute atomic E-state index is 9.32. The quantitative estimate of drug-likeness (QED) is 0.782. The van der Waals surface area contributed by atoms with Crippen molar-refractivity contribution >= 4 is 23.4 Å². The number of hydrogen-bond donors (Lipinski definition) is 0. The molecule has 1 aromatic carbocycles. The number of benzene rings is 1. The highest BCUT2D eigenvalue weighted by molar-refractivity contribution is 8.01. The Bertz CT molecular complexity index is 465. The first-order chi connectivity index (χ1) is 7.65. The first kappa shape index (κ1) is 10.5. The predicted molar refractivity (Wildman–Crippen MR) is 66.6 cm³/mol. The lowest BCUT2D eigenvalue weighted by Crippen LogP contribution is -2.40. The van der Waals surface area contributed by atoms with Crippen LogP contribution in [0.4, 0.5) is 0 Å². The van der Waals surface area contributed by atoms with Crippen LogP contribution in [-0.2, 0) is 0 Å². The van der Waals surface area contributed by atoms with E-state index in [1.54, 1.807) is 11.8 Å². The maximum Gasteiger partial charge on any atom is 0.108 e. The van der Waals surface area contributed by atoms with Gasteiger partial charge in [0.2, 0.25) is 0 Å². The molecule has 1 nitrogen and oxygen atoms in total. The van der Waals surface area contributed by atoms with E-state index in [0.29, 0.717) is 5.41 Å². The van der Waals surface area contributed by atoms with Gasteiger partial charge in [0, 0.05) is 9.92 Å². The second-order valence-corrected chi connectivity index (χ2v) is 6.91. The van der Waals surface area contributed by atoms with Crippen molar-refractivity contribution in [2.75, 3.05) is 0 Å². The van der Waals surface area contributed by atoms with Gasteiger partial charge >= 0.3 is 0 Å². The molecule has 1 spiro atoms. The van der Waals surface area contributed by atoms with Crippen LogP contribution in [0.1, 0.15) is 25.7 Å². The molecule has 0 atom stereocenters. The summed E-state index contributed by atoms with van der Waals surface area (Å²) >= 11 is 7.64. The minimum absolute atomic E-state index is 0.179. The van der Waals surface area contributed by atoms with Gasteiger partial charge in [0.1, 0.15) is 4.75 Å². The molecule has 2 fully saturated rings. The van der Waals surface area contributed by atoms with E-state index in [4.69, 9.17) is 11.6 Å². The summed E-state index contributed by atoms with van der Waals surface area (Å²) in [5.74, 6) is 0. The molecule has 3 heteroatoms.